The Bertz CT molecular complexity index is 2510. The Hall–Kier alpha value is -9.96. The molecule has 0 aliphatic rings. The van der Waals surface area contributed by atoms with E-state index >= 15 is 0 Å². The Labute approximate surface area is 390 Å². The molecule has 0 aliphatic carbocycles. The lowest BCUT2D eigenvalue weighted by molar-refractivity contribution is 0.168. The molecule has 68 heavy (non-hydrogen) atoms. The molecule has 0 saturated heterocycles. The van der Waals surface area contributed by atoms with Gasteiger partial charge in [0.15, 0.2) is 5.75 Å². The summed E-state index contributed by atoms with van der Waals surface area (Å²) >= 11 is 0. The van der Waals surface area contributed by atoms with Gasteiger partial charge in [-0.1, -0.05) is 91.0 Å². The van der Waals surface area contributed by atoms with Gasteiger partial charge in [0, 0.05) is 17.1 Å². The predicted molar refractivity (Wildman–Crippen MR) is 258 cm³/mol. The summed E-state index contributed by atoms with van der Waals surface area (Å²) in [7, 11) is 0. The van der Waals surface area contributed by atoms with Crippen molar-refractivity contribution in [3.8, 4) is 40.2 Å². The van der Waals surface area contributed by atoms with Crippen LogP contribution in [0.2, 0.25) is 0 Å². The monoisotopic (exact) mass is 916 g/mol. The highest BCUT2D eigenvalue weighted by atomic mass is 16.7. The summed E-state index contributed by atoms with van der Waals surface area (Å²) in [6.07, 6.45) is -4.41. The largest absolute Gasteiger partial charge is 0.465 e. The summed E-state index contributed by atoms with van der Waals surface area (Å²) in [5.74, 6) is 4.68. The number of carbonyl (C=O) groups is 4. The standard InChI is InChI=1S/4C13H11NO3/c15-13(16)14(11-7-3-1-4-8-11)17-12-9-5-2-6-10-12;3*15-13(16)14-10-6-8-12(9-7-10)17-11-4-2-1-3-5-11/h1-10H,(H,15,16);3*1-9,14H,(H,15,16). The Morgan fingerprint density at radius 2 is 0.544 bits per heavy atom. The van der Waals surface area contributed by atoms with Crippen LogP contribution in [0.25, 0.3) is 0 Å². The molecule has 7 N–H and O–H groups in total. The van der Waals surface area contributed by atoms with Crippen molar-refractivity contribution in [3.63, 3.8) is 0 Å². The van der Waals surface area contributed by atoms with E-state index in [-0.39, 0.29) is 0 Å². The molecule has 4 amide bonds. The maximum Gasteiger partial charge on any atom is 0.445 e. The van der Waals surface area contributed by atoms with Gasteiger partial charge in [0.05, 0.1) is 5.69 Å². The number of hydrogen-bond donors (Lipinski definition) is 7. The van der Waals surface area contributed by atoms with E-state index in [0.29, 0.717) is 45.7 Å². The minimum absolute atomic E-state index is 0.462. The van der Waals surface area contributed by atoms with Crippen molar-refractivity contribution < 1.29 is 58.7 Å². The van der Waals surface area contributed by atoms with E-state index in [1.165, 1.54) is 0 Å². The van der Waals surface area contributed by atoms with Crippen molar-refractivity contribution in [2.45, 2.75) is 0 Å². The first kappa shape index (κ1) is 49.1. The minimum Gasteiger partial charge on any atom is -0.465 e. The molecule has 0 fully saturated rings. The minimum atomic E-state index is -1.17. The fourth-order valence-electron chi connectivity index (χ4n) is 5.42. The number of hydroxylamine groups is 1. The van der Waals surface area contributed by atoms with Crippen LogP contribution in [0.5, 0.6) is 40.2 Å². The van der Waals surface area contributed by atoms with Crippen LogP contribution in [-0.4, -0.2) is 44.8 Å². The quantitative estimate of drug-likeness (QED) is 0.0568. The SMILES string of the molecule is O=C(O)N(Oc1ccccc1)c1ccccc1.O=C(O)Nc1ccc(Oc2ccccc2)cc1.O=C(O)Nc1ccc(Oc2ccccc2)cc1.O=C(O)Nc1ccc(Oc2ccccc2)cc1. The first-order valence-corrected chi connectivity index (χ1v) is 20.3. The van der Waals surface area contributed by atoms with Gasteiger partial charge in [-0.15, -0.1) is 5.06 Å². The number of para-hydroxylation sites is 5. The lowest BCUT2D eigenvalue weighted by Gasteiger charge is -2.18. The number of nitrogens with zero attached hydrogens (tertiary/aromatic N) is 1. The molecule has 16 nitrogen and oxygen atoms in total. The van der Waals surface area contributed by atoms with E-state index in [0.717, 1.165) is 22.3 Å². The third-order valence-corrected chi connectivity index (χ3v) is 8.36. The van der Waals surface area contributed by atoms with Crippen molar-refractivity contribution >= 4 is 47.1 Å². The van der Waals surface area contributed by atoms with Crippen LogP contribution in [0.1, 0.15) is 0 Å². The summed E-state index contributed by atoms with van der Waals surface area (Å²) in [6, 6.07) is 65.7. The lowest BCUT2D eigenvalue weighted by atomic mass is 10.3. The van der Waals surface area contributed by atoms with Gasteiger partial charge in [-0.05, 0) is 133 Å². The Morgan fingerprint density at radius 1 is 0.309 bits per heavy atom. The summed E-state index contributed by atoms with van der Waals surface area (Å²) in [5.41, 5.74) is 2.00. The zero-order chi connectivity index (χ0) is 48.4. The maximum atomic E-state index is 11.1. The van der Waals surface area contributed by atoms with Crippen LogP contribution in [0.15, 0.2) is 224 Å². The van der Waals surface area contributed by atoms with Crippen LogP contribution >= 0.6 is 0 Å². The van der Waals surface area contributed by atoms with Gasteiger partial charge in [0.1, 0.15) is 34.5 Å². The summed E-state index contributed by atoms with van der Waals surface area (Å²) in [5, 5.41) is 42.3. The Balaban J connectivity index is 0.000000169. The third-order valence-electron chi connectivity index (χ3n) is 8.36. The molecule has 0 bridgehead atoms. The number of anilines is 4. The first-order chi connectivity index (χ1) is 33.0. The number of amides is 4. The molecule has 0 heterocycles. The van der Waals surface area contributed by atoms with Crippen molar-refractivity contribution in [1.29, 1.82) is 0 Å². The number of carboxylic acid groups (broad SMARTS) is 4. The normalized spacial score (nSPS) is 9.65. The van der Waals surface area contributed by atoms with Crippen LogP contribution in [-0.2, 0) is 0 Å². The molecule has 0 atom stereocenters. The number of rotatable bonds is 12. The molecule has 0 aliphatic heterocycles. The second-order valence-corrected chi connectivity index (χ2v) is 13.4. The molecule has 0 saturated carbocycles. The molecule has 16 heteroatoms. The van der Waals surface area contributed by atoms with E-state index in [9.17, 15) is 19.2 Å². The number of benzene rings is 8. The second kappa shape index (κ2) is 26.6. The van der Waals surface area contributed by atoms with E-state index in [2.05, 4.69) is 16.0 Å². The number of hydrogen-bond acceptors (Lipinski definition) is 8. The van der Waals surface area contributed by atoms with Gasteiger partial charge in [0.2, 0.25) is 0 Å². The van der Waals surface area contributed by atoms with Crippen molar-refractivity contribution in [2.75, 3.05) is 21.0 Å². The van der Waals surface area contributed by atoms with Crippen LogP contribution < -0.4 is 40.1 Å². The van der Waals surface area contributed by atoms with Crippen molar-refractivity contribution in [1.82, 2.24) is 0 Å². The molecule has 344 valence electrons. The molecule has 0 aromatic heterocycles. The molecular weight excluding hydrogens is 873 g/mol. The summed E-state index contributed by atoms with van der Waals surface area (Å²) in [4.78, 5) is 47.6. The molecule has 0 radical (unpaired) electrons. The molecule has 0 spiro atoms. The zero-order valence-corrected chi connectivity index (χ0v) is 35.9. The Morgan fingerprint density at radius 3 is 0.794 bits per heavy atom. The van der Waals surface area contributed by atoms with Crippen LogP contribution in [0.4, 0.5) is 41.9 Å². The van der Waals surface area contributed by atoms with Gasteiger partial charge in [-0.25, -0.2) is 19.2 Å². The van der Waals surface area contributed by atoms with Gasteiger partial charge >= 0.3 is 24.4 Å². The Kier molecular flexibility index (Phi) is 19.2. The lowest BCUT2D eigenvalue weighted by Crippen LogP contribution is -2.32. The predicted octanol–water partition coefficient (Wildman–Crippen LogP) is 13.9. The summed E-state index contributed by atoms with van der Waals surface area (Å²) < 4.78 is 16.7. The summed E-state index contributed by atoms with van der Waals surface area (Å²) in [6.45, 7) is 0. The number of nitrogens with one attached hydrogen (secondary N) is 3. The average molecular weight is 917 g/mol. The van der Waals surface area contributed by atoms with Gasteiger partial charge < -0.3 is 39.5 Å². The van der Waals surface area contributed by atoms with Crippen molar-refractivity contribution in [3.05, 3.63) is 224 Å². The molecule has 8 aromatic carbocycles. The van der Waals surface area contributed by atoms with Gasteiger partial charge in [-0.2, -0.15) is 0 Å². The first-order valence-electron chi connectivity index (χ1n) is 20.3. The average Bonchev–Trinajstić information content (AvgIpc) is 3.34. The molecule has 8 aromatic rings. The highest BCUT2D eigenvalue weighted by Gasteiger charge is 2.16. The fraction of sp³-hybridized carbons (Fsp3) is 0. The molecule has 0 unspecified atom stereocenters. The number of ether oxygens (including phenoxy) is 3. The van der Waals surface area contributed by atoms with Crippen LogP contribution in [0, 0.1) is 0 Å². The van der Waals surface area contributed by atoms with E-state index in [1.807, 2.05) is 103 Å². The van der Waals surface area contributed by atoms with E-state index in [1.54, 1.807) is 121 Å². The fourth-order valence-corrected chi connectivity index (χ4v) is 5.42. The highest BCUT2D eigenvalue weighted by molar-refractivity contribution is 5.85. The van der Waals surface area contributed by atoms with Crippen molar-refractivity contribution in [2.24, 2.45) is 0 Å². The topological polar surface area (TPSA) is 225 Å². The highest BCUT2D eigenvalue weighted by Crippen LogP contribution is 2.25. The van der Waals surface area contributed by atoms with E-state index < -0.39 is 24.4 Å². The van der Waals surface area contributed by atoms with Gasteiger partial charge in [-0.3, -0.25) is 16.0 Å². The van der Waals surface area contributed by atoms with Gasteiger partial charge in [0.25, 0.3) is 0 Å². The maximum absolute atomic E-state index is 11.1. The molecular formula is C52H44N4O12. The second-order valence-electron chi connectivity index (χ2n) is 13.4. The zero-order valence-electron chi connectivity index (χ0n) is 35.9. The smallest absolute Gasteiger partial charge is 0.445 e. The molecule has 8 rings (SSSR count). The van der Waals surface area contributed by atoms with E-state index in [4.69, 9.17) is 39.5 Å². The third kappa shape index (κ3) is 18.4. The van der Waals surface area contributed by atoms with Crippen LogP contribution in [0.3, 0.4) is 0 Å².